The van der Waals surface area contributed by atoms with E-state index in [1.54, 1.807) is 0 Å². The summed E-state index contributed by atoms with van der Waals surface area (Å²) in [5.74, 6) is -6.71. The van der Waals surface area contributed by atoms with Crippen LogP contribution in [0.4, 0.5) is 27.6 Å². The molecule has 0 spiro atoms. The molecule has 0 heterocycles. The van der Waals surface area contributed by atoms with Crippen LogP contribution >= 0.6 is 0 Å². The molecule has 0 radical (unpaired) electrons. The second kappa shape index (κ2) is 6.95. The fourth-order valence-corrected chi connectivity index (χ4v) is 2.37. The van der Waals surface area contributed by atoms with E-state index < -0.39 is 40.6 Å². The topological polar surface area (TPSA) is 29.1 Å². The first-order valence-electron chi connectivity index (χ1n) is 7.36. The summed E-state index contributed by atoms with van der Waals surface area (Å²) in [5, 5.41) is 2.39. The highest BCUT2D eigenvalue weighted by Gasteiger charge is 2.17. The monoisotopic (exact) mass is 363 g/mol. The van der Waals surface area contributed by atoms with Crippen LogP contribution in [0, 0.1) is 29.1 Å². The Bertz CT molecular complexity index is 963. The quantitative estimate of drug-likeness (QED) is 0.496. The predicted molar refractivity (Wildman–Crippen MR) is 86.1 cm³/mol. The molecule has 0 aliphatic rings. The molecular weight excluding hydrogens is 353 g/mol. The third kappa shape index (κ3) is 3.56. The van der Waals surface area contributed by atoms with Crippen LogP contribution in [0.25, 0.3) is 11.1 Å². The minimum atomic E-state index is -1.68. The number of halogens is 5. The van der Waals surface area contributed by atoms with Crippen molar-refractivity contribution in [2.45, 2.75) is 0 Å². The molecular formula is C19H10F5NO. The summed E-state index contributed by atoms with van der Waals surface area (Å²) in [6.07, 6.45) is 0. The molecule has 3 rings (SSSR count). The number of amides is 1. The maximum atomic E-state index is 13.6. The van der Waals surface area contributed by atoms with Crippen molar-refractivity contribution in [3.05, 3.63) is 89.2 Å². The van der Waals surface area contributed by atoms with Crippen molar-refractivity contribution in [1.82, 2.24) is 0 Å². The van der Waals surface area contributed by atoms with Crippen molar-refractivity contribution in [2.75, 3.05) is 5.32 Å². The summed E-state index contributed by atoms with van der Waals surface area (Å²) < 4.78 is 66.3. The van der Waals surface area contributed by atoms with Gasteiger partial charge in [-0.05, 0) is 48.0 Å². The molecule has 0 aliphatic carbocycles. The Hall–Kier alpha value is -3.22. The summed E-state index contributed by atoms with van der Waals surface area (Å²) in [6, 6.07) is 9.65. The van der Waals surface area contributed by atoms with Crippen molar-refractivity contribution in [1.29, 1.82) is 0 Å². The lowest BCUT2D eigenvalue weighted by Crippen LogP contribution is -2.14. The molecule has 1 N–H and O–H groups in total. The predicted octanol–water partition coefficient (Wildman–Crippen LogP) is 5.30. The van der Waals surface area contributed by atoms with Gasteiger partial charge in [0.05, 0.1) is 0 Å². The summed E-state index contributed by atoms with van der Waals surface area (Å²) in [4.78, 5) is 12.2. The van der Waals surface area contributed by atoms with E-state index in [1.807, 2.05) is 0 Å². The Morgan fingerprint density at radius 3 is 1.92 bits per heavy atom. The van der Waals surface area contributed by atoms with Gasteiger partial charge in [0, 0.05) is 16.8 Å². The van der Waals surface area contributed by atoms with E-state index in [9.17, 15) is 26.7 Å². The Morgan fingerprint density at radius 1 is 0.731 bits per heavy atom. The molecule has 1 amide bonds. The van der Waals surface area contributed by atoms with Crippen molar-refractivity contribution >= 4 is 11.6 Å². The summed E-state index contributed by atoms with van der Waals surface area (Å²) >= 11 is 0. The molecule has 26 heavy (non-hydrogen) atoms. The van der Waals surface area contributed by atoms with E-state index >= 15 is 0 Å². The Labute approximate surface area is 144 Å². The minimum absolute atomic E-state index is 0.133. The normalized spacial score (nSPS) is 10.7. The van der Waals surface area contributed by atoms with Gasteiger partial charge in [-0.15, -0.1) is 0 Å². The van der Waals surface area contributed by atoms with E-state index in [0.29, 0.717) is 17.7 Å². The van der Waals surface area contributed by atoms with Gasteiger partial charge in [-0.25, -0.2) is 22.0 Å². The second-order valence-electron chi connectivity index (χ2n) is 5.40. The summed E-state index contributed by atoms with van der Waals surface area (Å²) in [6.45, 7) is 0. The molecule has 2 nitrogen and oxygen atoms in total. The summed E-state index contributed by atoms with van der Waals surface area (Å²) in [7, 11) is 0. The highest BCUT2D eigenvalue weighted by molar-refractivity contribution is 6.06. The van der Waals surface area contributed by atoms with Crippen LogP contribution in [0.1, 0.15) is 10.4 Å². The van der Waals surface area contributed by atoms with E-state index in [1.165, 1.54) is 18.2 Å². The minimum Gasteiger partial charge on any atom is -0.321 e. The number of nitrogens with one attached hydrogen (secondary N) is 1. The summed E-state index contributed by atoms with van der Waals surface area (Å²) in [5.41, 5.74) is 0.336. The first-order chi connectivity index (χ1) is 12.3. The lowest BCUT2D eigenvalue weighted by molar-refractivity contribution is 0.102. The average Bonchev–Trinajstić information content (AvgIpc) is 2.61. The van der Waals surface area contributed by atoms with Gasteiger partial charge in [0.25, 0.3) is 5.91 Å². The van der Waals surface area contributed by atoms with Crippen LogP contribution in [0.15, 0.2) is 54.6 Å². The molecule has 0 atom stereocenters. The molecule has 0 saturated carbocycles. The van der Waals surface area contributed by atoms with Gasteiger partial charge in [-0.3, -0.25) is 4.79 Å². The Morgan fingerprint density at radius 2 is 1.31 bits per heavy atom. The van der Waals surface area contributed by atoms with Gasteiger partial charge < -0.3 is 5.32 Å². The van der Waals surface area contributed by atoms with Gasteiger partial charge in [-0.2, -0.15) is 0 Å². The second-order valence-corrected chi connectivity index (χ2v) is 5.40. The van der Waals surface area contributed by atoms with Crippen LogP contribution in [0.2, 0.25) is 0 Å². The molecule has 0 fully saturated rings. The number of carbonyl (C=O) groups is 1. The zero-order valence-electron chi connectivity index (χ0n) is 13.0. The molecule has 0 bridgehead atoms. The largest absolute Gasteiger partial charge is 0.321 e. The van der Waals surface area contributed by atoms with Crippen LogP contribution in [-0.4, -0.2) is 5.91 Å². The average molecular weight is 363 g/mol. The SMILES string of the molecule is O=C(Nc1ccc(F)cc1-c1ccc(F)cc1)c1cc(F)c(F)c(F)c1. The van der Waals surface area contributed by atoms with Gasteiger partial charge in [-0.1, -0.05) is 12.1 Å². The van der Waals surface area contributed by atoms with Crippen LogP contribution in [0.5, 0.6) is 0 Å². The third-order valence-electron chi connectivity index (χ3n) is 3.63. The van der Waals surface area contributed by atoms with Gasteiger partial charge in [0.15, 0.2) is 17.5 Å². The van der Waals surface area contributed by atoms with Gasteiger partial charge >= 0.3 is 0 Å². The zero-order valence-corrected chi connectivity index (χ0v) is 13.0. The molecule has 0 aromatic heterocycles. The molecule has 3 aromatic rings. The fraction of sp³-hybridized carbons (Fsp3) is 0. The van der Waals surface area contributed by atoms with Gasteiger partial charge in [0.1, 0.15) is 11.6 Å². The smallest absolute Gasteiger partial charge is 0.255 e. The molecule has 0 saturated heterocycles. The molecule has 3 aromatic carbocycles. The first-order valence-corrected chi connectivity index (χ1v) is 7.36. The first kappa shape index (κ1) is 17.6. The lowest BCUT2D eigenvalue weighted by atomic mass is 10.0. The van der Waals surface area contributed by atoms with Crippen molar-refractivity contribution in [2.24, 2.45) is 0 Å². The number of hydrogen-bond donors (Lipinski definition) is 1. The lowest BCUT2D eigenvalue weighted by Gasteiger charge is -2.12. The maximum absolute atomic E-state index is 13.6. The zero-order chi connectivity index (χ0) is 18.8. The van der Waals surface area contributed by atoms with Crippen molar-refractivity contribution in [3.63, 3.8) is 0 Å². The van der Waals surface area contributed by atoms with E-state index in [-0.39, 0.29) is 11.3 Å². The number of anilines is 1. The Balaban J connectivity index is 1.97. The van der Waals surface area contributed by atoms with Crippen LogP contribution in [-0.2, 0) is 0 Å². The van der Waals surface area contributed by atoms with E-state index in [4.69, 9.17) is 0 Å². The van der Waals surface area contributed by atoms with E-state index in [0.717, 1.165) is 24.3 Å². The van der Waals surface area contributed by atoms with Crippen LogP contribution < -0.4 is 5.32 Å². The molecule has 0 aliphatic heterocycles. The molecule has 7 heteroatoms. The molecule has 0 unspecified atom stereocenters. The van der Waals surface area contributed by atoms with Crippen molar-refractivity contribution < 1.29 is 26.7 Å². The molecule has 132 valence electrons. The fourth-order valence-electron chi connectivity index (χ4n) is 2.37. The van der Waals surface area contributed by atoms with Crippen molar-refractivity contribution in [3.8, 4) is 11.1 Å². The maximum Gasteiger partial charge on any atom is 0.255 e. The van der Waals surface area contributed by atoms with Crippen LogP contribution in [0.3, 0.4) is 0 Å². The van der Waals surface area contributed by atoms with Gasteiger partial charge in [0.2, 0.25) is 0 Å². The standard InChI is InChI=1S/C19H10F5NO/c20-12-3-1-10(2-4-12)14-9-13(21)5-6-17(14)25-19(26)11-7-15(22)18(24)16(23)8-11/h1-9H,(H,25,26). The Kier molecular flexibility index (Phi) is 4.71. The number of benzene rings is 3. The van der Waals surface area contributed by atoms with E-state index in [2.05, 4.69) is 5.32 Å². The highest BCUT2D eigenvalue weighted by Crippen LogP contribution is 2.29. The third-order valence-corrected chi connectivity index (χ3v) is 3.63. The highest BCUT2D eigenvalue weighted by atomic mass is 19.2. The number of hydrogen-bond acceptors (Lipinski definition) is 1. The number of rotatable bonds is 3. The number of carbonyl (C=O) groups excluding carboxylic acids is 1.